The molecule has 53 heavy (non-hydrogen) atoms. The Labute approximate surface area is 308 Å². The number of ether oxygens (including phenoxy) is 8. The van der Waals surface area contributed by atoms with Crippen LogP contribution in [0.25, 0.3) is 0 Å². The predicted molar refractivity (Wildman–Crippen MR) is 190 cm³/mol. The lowest BCUT2D eigenvalue weighted by Crippen LogP contribution is -2.42. The molecule has 14 nitrogen and oxygen atoms in total. The molecule has 3 aromatic carbocycles. The molecule has 6 rings (SSSR count). The summed E-state index contributed by atoms with van der Waals surface area (Å²) in [6.45, 7) is 6.75. The van der Waals surface area contributed by atoms with E-state index in [4.69, 9.17) is 33.2 Å². The number of aliphatic hydroxyl groups is 1. The summed E-state index contributed by atoms with van der Waals surface area (Å²) in [4.78, 5) is 39.4. The molecule has 3 atom stereocenters. The molecule has 3 heterocycles. The number of anilines is 1. The number of hydrogen-bond donors (Lipinski definition) is 2. The highest BCUT2D eigenvalue weighted by Gasteiger charge is 2.34. The van der Waals surface area contributed by atoms with Crippen LogP contribution in [0.5, 0.6) is 0 Å². The van der Waals surface area contributed by atoms with E-state index in [1.54, 1.807) is 18.2 Å². The van der Waals surface area contributed by atoms with Crippen LogP contribution >= 0.6 is 0 Å². The van der Waals surface area contributed by atoms with Gasteiger partial charge in [-0.3, -0.25) is 9.69 Å². The van der Waals surface area contributed by atoms with Crippen LogP contribution in [-0.2, 0) is 44.5 Å². The molecule has 3 aliphatic heterocycles. The Hall–Kier alpha value is -4.09. The van der Waals surface area contributed by atoms with Crippen LogP contribution in [0.2, 0.25) is 0 Å². The van der Waals surface area contributed by atoms with Crippen LogP contribution in [0.15, 0.2) is 66.7 Å². The van der Waals surface area contributed by atoms with Gasteiger partial charge in [-0.25, -0.2) is 9.59 Å². The van der Waals surface area contributed by atoms with Gasteiger partial charge in [-0.2, -0.15) is 0 Å². The third-order valence-electron chi connectivity index (χ3n) is 8.99. The molecule has 3 aromatic rings. The monoisotopic (exact) mass is 734 g/mol. The fourth-order valence-corrected chi connectivity index (χ4v) is 6.18. The summed E-state index contributed by atoms with van der Waals surface area (Å²) in [5, 5.41) is 12.5. The summed E-state index contributed by atoms with van der Waals surface area (Å²) in [6.07, 6.45) is -0.741. The predicted octanol–water partition coefficient (Wildman–Crippen LogP) is 3.69. The first kappa shape index (κ1) is 38.6. The Morgan fingerprint density at radius 2 is 1.32 bits per heavy atom. The molecule has 0 spiro atoms. The lowest BCUT2D eigenvalue weighted by Gasteiger charge is -2.38. The van der Waals surface area contributed by atoms with Crippen molar-refractivity contribution in [3.05, 3.63) is 100 Å². The molecule has 2 fully saturated rings. The first-order valence-corrected chi connectivity index (χ1v) is 17.9. The molecule has 0 aromatic heterocycles. The number of carbonyl (C=O) groups is 3. The average molecular weight is 735 g/mol. The van der Waals surface area contributed by atoms with E-state index in [9.17, 15) is 19.5 Å². The molecule has 0 saturated carbocycles. The Balaban J connectivity index is 1.15. The zero-order valence-corrected chi connectivity index (χ0v) is 29.6. The van der Waals surface area contributed by atoms with E-state index >= 15 is 0 Å². The molecule has 2 N–H and O–H groups in total. The fraction of sp³-hybridized carbons (Fsp3) is 0.462. The maximum Gasteiger partial charge on any atom is 0.346 e. The summed E-state index contributed by atoms with van der Waals surface area (Å²) in [5.74, 6) is -1.97. The van der Waals surface area contributed by atoms with Crippen molar-refractivity contribution < 1.29 is 57.4 Å². The molecule has 284 valence electrons. The van der Waals surface area contributed by atoms with Crippen LogP contribution in [0.4, 0.5) is 5.69 Å². The molecule has 0 aliphatic carbocycles. The van der Waals surface area contributed by atoms with E-state index in [1.165, 1.54) is 18.2 Å². The van der Waals surface area contributed by atoms with Crippen molar-refractivity contribution in [1.82, 2.24) is 4.90 Å². The van der Waals surface area contributed by atoms with Crippen molar-refractivity contribution in [1.29, 1.82) is 0 Å². The Morgan fingerprint density at radius 3 is 1.96 bits per heavy atom. The molecule has 14 heteroatoms. The topological polar surface area (TPSA) is 161 Å². The third-order valence-corrected chi connectivity index (χ3v) is 8.99. The Bertz CT molecular complexity index is 1650. The number of benzene rings is 3. The van der Waals surface area contributed by atoms with Crippen molar-refractivity contribution >= 4 is 23.5 Å². The number of nitrogens with zero attached hydrogens (tertiary/aromatic N) is 1. The van der Waals surface area contributed by atoms with Gasteiger partial charge in [0.25, 0.3) is 5.91 Å². The molecular formula is C39H46N2O12. The summed E-state index contributed by atoms with van der Waals surface area (Å²) >= 11 is 0. The third kappa shape index (κ3) is 11.2. The van der Waals surface area contributed by atoms with Crippen LogP contribution in [0.3, 0.4) is 0 Å². The molecule has 3 unspecified atom stereocenters. The van der Waals surface area contributed by atoms with E-state index in [0.717, 1.165) is 11.1 Å². The van der Waals surface area contributed by atoms with Crippen molar-refractivity contribution in [3.63, 3.8) is 0 Å². The van der Waals surface area contributed by atoms with Crippen molar-refractivity contribution in [2.45, 2.75) is 31.5 Å². The normalized spacial score (nSPS) is 23.0. The fourth-order valence-electron chi connectivity index (χ4n) is 6.18. The number of fused-ring (bicyclic) bond motifs is 1. The first-order chi connectivity index (χ1) is 26.0. The number of hydrogen-bond acceptors (Lipinski definition) is 13. The van der Waals surface area contributed by atoms with E-state index < -0.39 is 24.1 Å². The van der Waals surface area contributed by atoms with E-state index in [1.807, 2.05) is 30.3 Å². The van der Waals surface area contributed by atoms with Crippen LogP contribution in [0, 0.1) is 0 Å². The summed E-state index contributed by atoms with van der Waals surface area (Å²) in [5.41, 5.74) is 3.34. The second-order valence-electron chi connectivity index (χ2n) is 12.7. The Morgan fingerprint density at radius 1 is 0.698 bits per heavy atom. The first-order valence-electron chi connectivity index (χ1n) is 17.9. The summed E-state index contributed by atoms with van der Waals surface area (Å²) in [7, 11) is 0. The zero-order chi connectivity index (χ0) is 36.8. The molecule has 3 aliphatic rings. The van der Waals surface area contributed by atoms with Crippen LogP contribution < -0.4 is 5.32 Å². The molecule has 0 bridgehead atoms. The van der Waals surface area contributed by atoms with Gasteiger partial charge >= 0.3 is 11.9 Å². The maximum absolute atomic E-state index is 13.2. The molecule has 2 saturated heterocycles. The number of amides is 1. The minimum atomic E-state index is -0.779. The van der Waals surface area contributed by atoms with Crippen molar-refractivity contribution in [2.24, 2.45) is 0 Å². The van der Waals surface area contributed by atoms with Gasteiger partial charge in [-0.05, 0) is 41.5 Å². The minimum absolute atomic E-state index is 0.0565. The van der Waals surface area contributed by atoms with Gasteiger partial charge in [0.05, 0.1) is 96.0 Å². The van der Waals surface area contributed by atoms with Crippen LogP contribution in [0.1, 0.15) is 66.6 Å². The Kier molecular flexibility index (Phi) is 14.5. The number of rotatable bonds is 7. The highest BCUT2D eigenvalue weighted by atomic mass is 16.7. The molecular weight excluding hydrogens is 688 g/mol. The second-order valence-corrected chi connectivity index (χ2v) is 12.7. The maximum atomic E-state index is 13.2. The second kappa shape index (κ2) is 19.8. The lowest BCUT2D eigenvalue weighted by atomic mass is 9.99. The number of nitrogens with one attached hydrogen (secondary N) is 1. The zero-order valence-electron chi connectivity index (χ0n) is 29.6. The number of aliphatic hydroxyl groups excluding tert-OH is 1. The van der Waals surface area contributed by atoms with Gasteiger partial charge in [0, 0.05) is 42.9 Å². The highest BCUT2D eigenvalue weighted by Crippen LogP contribution is 2.39. The van der Waals surface area contributed by atoms with Gasteiger partial charge in [-0.1, -0.05) is 36.4 Å². The van der Waals surface area contributed by atoms with Gasteiger partial charge in [0.2, 0.25) is 0 Å². The van der Waals surface area contributed by atoms with Gasteiger partial charge in [-0.15, -0.1) is 0 Å². The summed E-state index contributed by atoms with van der Waals surface area (Å²) in [6, 6.07) is 19.1. The van der Waals surface area contributed by atoms with E-state index in [-0.39, 0.29) is 35.5 Å². The van der Waals surface area contributed by atoms with Crippen molar-refractivity contribution in [3.8, 4) is 0 Å². The number of carbonyl (C=O) groups excluding carboxylic acids is 3. The van der Waals surface area contributed by atoms with Gasteiger partial charge in [0.1, 0.15) is 0 Å². The average Bonchev–Trinajstić information content (AvgIpc) is 3.47. The highest BCUT2D eigenvalue weighted by molar-refractivity contribution is 6.16. The number of esters is 2. The molecule has 1 amide bonds. The van der Waals surface area contributed by atoms with Crippen molar-refractivity contribution in [2.75, 3.05) is 91.0 Å². The SMILES string of the molecule is O=C(Nc1cccc(C2OC(CN3CCOCCOCCOCCOCCOCC3)CC(c3ccc(CO)cc3)O2)c1)c1ccc2c(c1)C(=O)OC2=O. The molecule has 0 radical (unpaired) electrons. The lowest BCUT2D eigenvalue weighted by molar-refractivity contribution is -0.253. The number of cyclic esters (lactones) is 2. The van der Waals surface area contributed by atoms with Gasteiger partial charge in [0.15, 0.2) is 6.29 Å². The summed E-state index contributed by atoms with van der Waals surface area (Å²) < 4.78 is 46.3. The van der Waals surface area contributed by atoms with Gasteiger partial charge < -0.3 is 48.3 Å². The standard InChI is InChI=1S/C39H46N2O12/c42-26-27-4-6-28(7-5-27)35-24-32(25-41-10-12-46-14-16-48-18-20-50-21-19-49-17-15-47-13-11-41)51-39(52-35)30-2-1-3-31(22-30)40-36(43)29-8-9-33-34(23-29)38(45)53-37(33)44/h1-9,22-23,32,35,39,42H,10-21,24-26H2,(H,40,43). The van der Waals surface area contributed by atoms with Crippen LogP contribution in [-0.4, -0.2) is 120 Å². The van der Waals surface area contributed by atoms with E-state index in [2.05, 4.69) is 15.0 Å². The minimum Gasteiger partial charge on any atom is -0.392 e. The smallest absolute Gasteiger partial charge is 0.346 e. The largest absolute Gasteiger partial charge is 0.392 e. The quantitative estimate of drug-likeness (QED) is 0.268. The van der Waals surface area contributed by atoms with E-state index in [0.29, 0.717) is 103 Å².